The molecular formula is C11H15N5O. The van der Waals surface area contributed by atoms with Crippen LogP contribution in [0.2, 0.25) is 0 Å². The zero-order valence-corrected chi connectivity index (χ0v) is 10.1. The van der Waals surface area contributed by atoms with Crippen molar-refractivity contribution in [2.24, 2.45) is 0 Å². The standard InChI is InChI=1S/C11H15N5O/c1-7-4-8(2)16(15-7)11-5-9(12)13-10(14-11)6-17-3/h4-5H,6H2,1-3H3,(H2,12,13,14). The van der Waals surface area contributed by atoms with Crippen molar-refractivity contribution in [2.45, 2.75) is 20.5 Å². The predicted octanol–water partition coefficient (Wildman–Crippen LogP) is 1.01. The molecule has 2 N–H and O–H groups in total. The molecule has 0 aliphatic carbocycles. The topological polar surface area (TPSA) is 78.9 Å². The Labute approximate surface area is 99.4 Å². The first-order chi connectivity index (χ1) is 8.10. The number of hydrogen-bond donors (Lipinski definition) is 1. The maximum absolute atomic E-state index is 5.74. The first kappa shape index (κ1) is 11.5. The van der Waals surface area contributed by atoms with Gasteiger partial charge in [-0.2, -0.15) is 5.10 Å². The quantitative estimate of drug-likeness (QED) is 0.855. The van der Waals surface area contributed by atoms with Gasteiger partial charge in [0.1, 0.15) is 12.4 Å². The van der Waals surface area contributed by atoms with E-state index in [1.54, 1.807) is 17.9 Å². The molecule has 0 aliphatic heterocycles. The van der Waals surface area contributed by atoms with E-state index in [0.29, 0.717) is 24.1 Å². The normalized spacial score (nSPS) is 10.8. The Morgan fingerprint density at radius 1 is 1.29 bits per heavy atom. The number of nitrogen functional groups attached to an aromatic ring is 1. The van der Waals surface area contributed by atoms with E-state index in [9.17, 15) is 0 Å². The molecule has 0 atom stereocenters. The van der Waals surface area contributed by atoms with Crippen LogP contribution in [0, 0.1) is 13.8 Å². The molecule has 0 bridgehead atoms. The van der Waals surface area contributed by atoms with Gasteiger partial charge >= 0.3 is 0 Å². The first-order valence-electron chi connectivity index (χ1n) is 5.26. The molecule has 6 nitrogen and oxygen atoms in total. The zero-order chi connectivity index (χ0) is 12.4. The lowest BCUT2D eigenvalue weighted by Crippen LogP contribution is -2.08. The third kappa shape index (κ3) is 2.42. The molecule has 0 unspecified atom stereocenters. The highest BCUT2D eigenvalue weighted by Crippen LogP contribution is 2.12. The van der Waals surface area contributed by atoms with Crippen LogP contribution in [0.4, 0.5) is 5.82 Å². The highest BCUT2D eigenvalue weighted by atomic mass is 16.5. The molecule has 0 spiro atoms. The predicted molar refractivity (Wildman–Crippen MR) is 63.8 cm³/mol. The number of ether oxygens (including phenoxy) is 1. The van der Waals surface area contributed by atoms with Gasteiger partial charge in [-0.1, -0.05) is 0 Å². The molecule has 2 aromatic heterocycles. The Bertz CT molecular complexity index is 535. The maximum Gasteiger partial charge on any atom is 0.159 e. The van der Waals surface area contributed by atoms with Crippen molar-refractivity contribution in [1.82, 2.24) is 19.7 Å². The van der Waals surface area contributed by atoms with Crippen molar-refractivity contribution < 1.29 is 4.74 Å². The van der Waals surface area contributed by atoms with Crippen molar-refractivity contribution in [3.63, 3.8) is 0 Å². The summed E-state index contributed by atoms with van der Waals surface area (Å²) in [4.78, 5) is 8.44. The van der Waals surface area contributed by atoms with E-state index in [1.807, 2.05) is 19.9 Å². The summed E-state index contributed by atoms with van der Waals surface area (Å²) in [5, 5.41) is 4.35. The van der Waals surface area contributed by atoms with Crippen LogP contribution in [0.5, 0.6) is 0 Å². The summed E-state index contributed by atoms with van der Waals surface area (Å²) in [7, 11) is 1.59. The summed E-state index contributed by atoms with van der Waals surface area (Å²) in [6.45, 7) is 4.23. The van der Waals surface area contributed by atoms with Crippen LogP contribution in [-0.2, 0) is 11.3 Å². The second-order valence-corrected chi connectivity index (χ2v) is 3.84. The third-order valence-electron chi connectivity index (χ3n) is 2.28. The Morgan fingerprint density at radius 3 is 2.65 bits per heavy atom. The van der Waals surface area contributed by atoms with Crippen LogP contribution in [0.15, 0.2) is 12.1 Å². The van der Waals surface area contributed by atoms with Gasteiger partial charge in [0.15, 0.2) is 11.6 Å². The number of methoxy groups -OCH3 is 1. The molecule has 0 aromatic carbocycles. The fraction of sp³-hybridized carbons (Fsp3) is 0.364. The Balaban J connectivity index is 2.48. The summed E-state index contributed by atoms with van der Waals surface area (Å²) in [6.07, 6.45) is 0. The second-order valence-electron chi connectivity index (χ2n) is 3.84. The molecule has 2 heterocycles. The summed E-state index contributed by atoms with van der Waals surface area (Å²) in [5.74, 6) is 1.62. The number of anilines is 1. The maximum atomic E-state index is 5.74. The second kappa shape index (κ2) is 4.50. The zero-order valence-electron chi connectivity index (χ0n) is 10.1. The fourth-order valence-electron chi connectivity index (χ4n) is 1.67. The highest BCUT2D eigenvalue weighted by Gasteiger charge is 2.08. The van der Waals surface area contributed by atoms with Crippen molar-refractivity contribution in [3.8, 4) is 5.82 Å². The molecule has 0 amide bonds. The Kier molecular flexibility index (Phi) is 3.06. The average molecular weight is 233 g/mol. The molecular weight excluding hydrogens is 218 g/mol. The average Bonchev–Trinajstić information content (AvgIpc) is 2.57. The summed E-state index contributed by atoms with van der Waals surface area (Å²) >= 11 is 0. The molecule has 0 fully saturated rings. The smallest absolute Gasteiger partial charge is 0.159 e. The Hall–Kier alpha value is -1.95. The van der Waals surface area contributed by atoms with Gasteiger partial charge in [-0.15, -0.1) is 0 Å². The number of rotatable bonds is 3. The van der Waals surface area contributed by atoms with Crippen molar-refractivity contribution in [3.05, 3.63) is 29.3 Å². The van der Waals surface area contributed by atoms with E-state index in [1.165, 1.54) is 0 Å². The monoisotopic (exact) mass is 233 g/mol. The molecule has 6 heteroatoms. The molecule has 17 heavy (non-hydrogen) atoms. The van der Waals surface area contributed by atoms with Gasteiger partial charge in [0, 0.05) is 18.9 Å². The molecule has 2 aromatic rings. The summed E-state index contributed by atoms with van der Waals surface area (Å²) in [6, 6.07) is 3.67. The van der Waals surface area contributed by atoms with Crippen LogP contribution in [0.1, 0.15) is 17.2 Å². The first-order valence-corrected chi connectivity index (χ1v) is 5.26. The minimum absolute atomic E-state index is 0.331. The van der Waals surface area contributed by atoms with Gasteiger partial charge in [-0.05, 0) is 19.9 Å². The van der Waals surface area contributed by atoms with Gasteiger partial charge in [0.2, 0.25) is 0 Å². The van der Waals surface area contributed by atoms with E-state index in [2.05, 4.69) is 15.1 Å². The van der Waals surface area contributed by atoms with Crippen LogP contribution >= 0.6 is 0 Å². The lowest BCUT2D eigenvalue weighted by Gasteiger charge is -2.06. The van der Waals surface area contributed by atoms with Crippen LogP contribution < -0.4 is 5.73 Å². The molecule has 0 radical (unpaired) electrons. The minimum atomic E-state index is 0.331. The molecule has 0 aliphatic rings. The number of nitrogens with zero attached hydrogens (tertiary/aromatic N) is 4. The number of aromatic nitrogens is 4. The van der Waals surface area contributed by atoms with Crippen molar-refractivity contribution >= 4 is 5.82 Å². The molecule has 0 saturated carbocycles. The summed E-state index contributed by atoms with van der Waals surface area (Å²) in [5.41, 5.74) is 7.68. The number of nitrogens with two attached hydrogens (primary N) is 1. The number of aryl methyl sites for hydroxylation is 2. The molecule has 90 valence electrons. The van der Waals surface area contributed by atoms with Gasteiger partial charge in [-0.25, -0.2) is 14.6 Å². The van der Waals surface area contributed by atoms with Crippen molar-refractivity contribution in [1.29, 1.82) is 0 Å². The summed E-state index contributed by atoms with van der Waals surface area (Å²) < 4.78 is 6.74. The largest absolute Gasteiger partial charge is 0.384 e. The molecule has 2 rings (SSSR count). The Morgan fingerprint density at radius 2 is 2.06 bits per heavy atom. The third-order valence-corrected chi connectivity index (χ3v) is 2.28. The van der Waals surface area contributed by atoms with Crippen LogP contribution in [0.3, 0.4) is 0 Å². The number of hydrogen-bond acceptors (Lipinski definition) is 5. The van der Waals surface area contributed by atoms with E-state index in [0.717, 1.165) is 11.4 Å². The van der Waals surface area contributed by atoms with Crippen LogP contribution in [-0.4, -0.2) is 26.9 Å². The fourth-order valence-corrected chi connectivity index (χ4v) is 1.67. The van der Waals surface area contributed by atoms with Gasteiger partial charge in [0.25, 0.3) is 0 Å². The van der Waals surface area contributed by atoms with Gasteiger partial charge in [-0.3, -0.25) is 0 Å². The van der Waals surface area contributed by atoms with Crippen LogP contribution in [0.25, 0.3) is 5.82 Å². The SMILES string of the molecule is COCc1nc(N)cc(-n2nc(C)cc2C)n1. The van der Waals surface area contributed by atoms with E-state index in [-0.39, 0.29) is 0 Å². The van der Waals surface area contributed by atoms with Crippen molar-refractivity contribution in [2.75, 3.05) is 12.8 Å². The van der Waals surface area contributed by atoms with Gasteiger partial charge < -0.3 is 10.5 Å². The minimum Gasteiger partial charge on any atom is -0.384 e. The van der Waals surface area contributed by atoms with E-state index in [4.69, 9.17) is 10.5 Å². The lowest BCUT2D eigenvalue weighted by molar-refractivity contribution is 0.178. The lowest BCUT2D eigenvalue weighted by atomic mass is 10.4. The van der Waals surface area contributed by atoms with E-state index < -0.39 is 0 Å². The molecule has 0 saturated heterocycles. The highest BCUT2D eigenvalue weighted by molar-refractivity contribution is 5.38. The van der Waals surface area contributed by atoms with Gasteiger partial charge in [0.05, 0.1) is 5.69 Å². The van der Waals surface area contributed by atoms with E-state index >= 15 is 0 Å².